The highest BCUT2D eigenvalue weighted by molar-refractivity contribution is 6.34. The summed E-state index contributed by atoms with van der Waals surface area (Å²) in [5.41, 5.74) is 2.87. The van der Waals surface area contributed by atoms with Crippen molar-refractivity contribution in [1.29, 1.82) is 0 Å². The predicted molar refractivity (Wildman–Crippen MR) is 118 cm³/mol. The van der Waals surface area contributed by atoms with Crippen LogP contribution in [0.3, 0.4) is 0 Å². The summed E-state index contributed by atoms with van der Waals surface area (Å²) in [6.45, 7) is -5.86. The second-order valence-electron chi connectivity index (χ2n) is 6.73. The van der Waals surface area contributed by atoms with Crippen LogP contribution in [0.2, 0.25) is 10.0 Å². The topological polar surface area (TPSA) is 36.3 Å². The van der Waals surface area contributed by atoms with Crippen molar-refractivity contribution in [1.82, 2.24) is 9.78 Å². The van der Waals surface area contributed by atoms with Crippen molar-refractivity contribution in [2.75, 3.05) is 0 Å². The third kappa shape index (κ3) is 5.40. The number of ether oxygens (including phenoxy) is 2. The molecule has 0 aliphatic rings. The molecule has 170 valence electrons. The van der Waals surface area contributed by atoms with Gasteiger partial charge >= 0.3 is 13.2 Å². The molecule has 0 aliphatic heterocycles. The Morgan fingerprint density at radius 2 is 1.24 bits per heavy atom. The number of hydrogen-bond donors (Lipinski definition) is 0. The van der Waals surface area contributed by atoms with Gasteiger partial charge in [0.25, 0.3) is 0 Å². The van der Waals surface area contributed by atoms with Crippen LogP contribution >= 0.6 is 23.2 Å². The monoisotopic (exact) mass is 496 g/mol. The Labute approximate surface area is 195 Å². The fourth-order valence-corrected chi connectivity index (χ4v) is 3.54. The summed E-state index contributed by atoms with van der Waals surface area (Å²) in [6, 6.07) is 18.7. The minimum absolute atomic E-state index is 0.00967. The molecule has 0 radical (unpaired) electrons. The van der Waals surface area contributed by atoms with Gasteiger partial charge in [-0.05, 0) is 72.8 Å². The Morgan fingerprint density at radius 3 is 1.79 bits per heavy atom. The van der Waals surface area contributed by atoms with Gasteiger partial charge < -0.3 is 9.47 Å². The third-order valence-corrected chi connectivity index (χ3v) is 5.15. The number of aromatic nitrogens is 2. The van der Waals surface area contributed by atoms with Gasteiger partial charge in [-0.1, -0.05) is 23.2 Å². The molecule has 0 amide bonds. The second-order valence-corrected chi connectivity index (χ2v) is 7.57. The van der Waals surface area contributed by atoms with Crippen LogP contribution in [-0.4, -0.2) is 23.0 Å². The first-order valence-corrected chi connectivity index (χ1v) is 10.2. The molecule has 1 aromatic heterocycles. The van der Waals surface area contributed by atoms with Crippen LogP contribution in [0.15, 0.2) is 72.8 Å². The highest BCUT2D eigenvalue weighted by atomic mass is 35.5. The van der Waals surface area contributed by atoms with Gasteiger partial charge in [0.05, 0.1) is 22.1 Å². The number of benzene rings is 3. The van der Waals surface area contributed by atoms with Gasteiger partial charge in [-0.2, -0.15) is 22.7 Å². The van der Waals surface area contributed by atoms with Gasteiger partial charge in [0.2, 0.25) is 0 Å². The molecular weight excluding hydrogens is 483 g/mol. The van der Waals surface area contributed by atoms with E-state index in [1.807, 2.05) is 0 Å². The lowest BCUT2D eigenvalue weighted by molar-refractivity contribution is -0.0505. The molecule has 0 unspecified atom stereocenters. The maximum Gasteiger partial charge on any atom is 0.387 e. The summed E-state index contributed by atoms with van der Waals surface area (Å²) in [4.78, 5) is 0. The fourth-order valence-electron chi connectivity index (χ4n) is 3.17. The normalized spacial score (nSPS) is 11.3. The Hall–Kier alpha value is -3.23. The smallest absolute Gasteiger partial charge is 0.387 e. The van der Waals surface area contributed by atoms with Crippen LogP contribution < -0.4 is 9.47 Å². The van der Waals surface area contributed by atoms with Crippen molar-refractivity contribution in [2.24, 2.45) is 0 Å². The van der Waals surface area contributed by atoms with E-state index in [1.54, 1.807) is 53.2 Å². The molecule has 0 aliphatic carbocycles. The summed E-state index contributed by atoms with van der Waals surface area (Å²) < 4.78 is 60.2. The van der Waals surface area contributed by atoms with Gasteiger partial charge in [0.1, 0.15) is 11.5 Å². The van der Waals surface area contributed by atoms with E-state index >= 15 is 0 Å². The first-order chi connectivity index (χ1) is 15.8. The van der Waals surface area contributed by atoms with E-state index in [0.29, 0.717) is 38.2 Å². The zero-order valence-corrected chi connectivity index (χ0v) is 18.1. The van der Waals surface area contributed by atoms with E-state index in [2.05, 4.69) is 14.6 Å². The molecule has 0 fully saturated rings. The summed E-state index contributed by atoms with van der Waals surface area (Å²) in [5, 5.41) is 5.44. The lowest BCUT2D eigenvalue weighted by atomic mass is 10.1. The number of alkyl halides is 4. The lowest BCUT2D eigenvalue weighted by Gasteiger charge is -2.11. The van der Waals surface area contributed by atoms with Crippen LogP contribution in [0, 0.1) is 0 Å². The largest absolute Gasteiger partial charge is 0.435 e. The minimum Gasteiger partial charge on any atom is -0.435 e. The number of nitrogens with zero attached hydrogens (tertiary/aromatic N) is 2. The van der Waals surface area contributed by atoms with Gasteiger partial charge in [0, 0.05) is 16.1 Å². The van der Waals surface area contributed by atoms with Crippen LogP contribution in [0.5, 0.6) is 11.5 Å². The van der Waals surface area contributed by atoms with Crippen molar-refractivity contribution in [3.8, 4) is 39.7 Å². The van der Waals surface area contributed by atoms with Crippen molar-refractivity contribution in [3.05, 3.63) is 82.8 Å². The predicted octanol–water partition coefficient (Wildman–Crippen LogP) is 7.72. The Balaban J connectivity index is 1.79. The number of halogens is 6. The molecule has 0 saturated heterocycles. The van der Waals surface area contributed by atoms with E-state index in [9.17, 15) is 17.6 Å². The minimum atomic E-state index is -2.93. The molecule has 0 bridgehead atoms. The highest BCUT2D eigenvalue weighted by Crippen LogP contribution is 2.34. The number of hydrogen-bond acceptors (Lipinski definition) is 3. The average Bonchev–Trinajstić information content (AvgIpc) is 3.21. The summed E-state index contributed by atoms with van der Waals surface area (Å²) in [7, 11) is 0. The van der Waals surface area contributed by atoms with Crippen molar-refractivity contribution in [3.63, 3.8) is 0 Å². The summed E-state index contributed by atoms with van der Waals surface area (Å²) in [6.07, 6.45) is 0. The van der Waals surface area contributed by atoms with Crippen LogP contribution in [0.25, 0.3) is 28.2 Å². The maximum atomic E-state index is 12.5. The first-order valence-electron chi connectivity index (χ1n) is 9.46. The maximum absolute atomic E-state index is 12.5. The second kappa shape index (κ2) is 9.72. The first kappa shape index (κ1) is 22.9. The molecule has 1 heterocycles. The zero-order chi connectivity index (χ0) is 23.5. The van der Waals surface area contributed by atoms with Gasteiger partial charge in [-0.25, -0.2) is 4.68 Å². The number of rotatable bonds is 7. The molecule has 0 N–H and O–H groups in total. The van der Waals surface area contributed by atoms with Crippen molar-refractivity contribution >= 4 is 23.2 Å². The molecule has 4 nitrogen and oxygen atoms in total. The van der Waals surface area contributed by atoms with Crippen molar-refractivity contribution < 1.29 is 27.0 Å². The SMILES string of the molecule is FC(F)Oc1ccc(-c2cc(-c3ccc(OC(F)F)cc3)n(-c3cc(Cl)ccc3Cl)n2)cc1. The average molecular weight is 497 g/mol. The van der Waals surface area contributed by atoms with Crippen LogP contribution in [0.4, 0.5) is 17.6 Å². The molecule has 4 rings (SSSR count). The van der Waals surface area contributed by atoms with E-state index in [1.165, 1.54) is 24.3 Å². The van der Waals surface area contributed by atoms with E-state index in [0.717, 1.165) is 0 Å². The molecule has 0 saturated carbocycles. The van der Waals surface area contributed by atoms with Crippen molar-refractivity contribution in [2.45, 2.75) is 13.2 Å². The standard InChI is InChI=1S/C23H14Cl2F4N2O2/c24-15-5-10-18(25)21(11-15)31-20(14-3-8-17(9-4-14)33-23(28)29)12-19(30-31)13-1-6-16(7-2-13)32-22(26)27/h1-12,22-23H. The third-order valence-electron chi connectivity index (χ3n) is 4.60. The van der Waals surface area contributed by atoms with Gasteiger partial charge in [0.15, 0.2) is 0 Å². The molecule has 10 heteroatoms. The molecule has 0 spiro atoms. The molecule has 33 heavy (non-hydrogen) atoms. The highest BCUT2D eigenvalue weighted by Gasteiger charge is 2.17. The molecule has 3 aromatic carbocycles. The molecule has 0 atom stereocenters. The quantitative estimate of drug-likeness (QED) is 0.246. The van der Waals surface area contributed by atoms with E-state index < -0.39 is 13.2 Å². The van der Waals surface area contributed by atoms with Gasteiger partial charge in [-0.15, -0.1) is 0 Å². The zero-order valence-electron chi connectivity index (χ0n) is 16.6. The van der Waals surface area contributed by atoms with Gasteiger partial charge in [-0.3, -0.25) is 0 Å². The van der Waals surface area contributed by atoms with E-state index in [-0.39, 0.29) is 11.5 Å². The van der Waals surface area contributed by atoms with E-state index in [4.69, 9.17) is 23.2 Å². The Bertz CT molecular complexity index is 1250. The fraction of sp³-hybridized carbons (Fsp3) is 0.0870. The summed E-state index contributed by atoms with van der Waals surface area (Å²) in [5.74, 6) is 0.0244. The van der Waals surface area contributed by atoms with Crippen LogP contribution in [-0.2, 0) is 0 Å². The molecule has 4 aromatic rings. The summed E-state index contributed by atoms with van der Waals surface area (Å²) >= 11 is 12.5. The Morgan fingerprint density at radius 1 is 0.697 bits per heavy atom. The lowest BCUT2D eigenvalue weighted by Crippen LogP contribution is -2.02. The Kier molecular flexibility index (Phi) is 6.76. The van der Waals surface area contributed by atoms with Crippen LogP contribution in [0.1, 0.15) is 0 Å². The molecular formula is C23H14Cl2F4N2O2.